The first-order valence-electron chi connectivity index (χ1n) is 8.53. The van der Waals surface area contributed by atoms with Crippen LogP contribution in [0.3, 0.4) is 0 Å². The van der Waals surface area contributed by atoms with Gasteiger partial charge in [-0.15, -0.1) is 0 Å². The third kappa shape index (κ3) is 4.43. The molecule has 2 saturated heterocycles. The number of likely N-dealkylation sites (tertiary alicyclic amines) is 1. The first-order valence-corrected chi connectivity index (χ1v) is 8.53. The predicted octanol–water partition coefficient (Wildman–Crippen LogP) is 0.998. The molecule has 0 spiro atoms. The van der Waals surface area contributed by atoms with E-state index in [-0.39, 0.29) is 24.3 Å². The molecule has 0 bridgehead atoms. The zero-order chi connectivity index (χ0) is 16.9. The second-order valence-electron chi connectivity index (χ2n) is 6.54. The molecule has 7 heteroatoms. The van der Waals surface area contributed by atoms with Crippen LogP contribution in [0.15, 0.2) is 24.3 Å². The molecule has 0 aromatic heterocycles. The summed E-state index contributed by atoms with van der Waals surface area (Å²) >= 11 is 0. The number of nitrogens with one attached hydrogen (secondary N) is 3. The molecular formula is C17H25FN4O2. The molecule has 2 atom stereocenters. The lowest BCUT2D eigenvalue weighted by Crippen LogP contribution is -2.52. The van der Waals surface area contributed by atoms with E-state index in [9.17, 15) is 9.18 Å². The third-order valence-electron chi connectivity index (χ3n) is 4.60. The summed E-state index contributed by atoms with van der Waals surface area (Å²) in [5, 5.41) is 2.98. The van der Waals surface area contributed by atoms with Crippen LogP contribution in [-0.2, 0) is 4.79 Å². The number of hydrazine groups is 1. The predicted molar refractivity (Wildman–Crippen MR) is 88.8 cm³/mol. The average Bonchev–Trinajstić information content (AvgIpc) is 3.01. The fourth-order valence-corrected chi connectivity index (χ4v) is 3.26. The van der Waals surface area contributed by atoms with E-state index in [1.54, 1.807) is 12.1 Å². The number of rotatable bonds is 5. The topological polar surface area (TPSA) is 65.6 Å². The van der Waals surface area contributed by atoms with E-state index in [0.29, 0.717) is 12.2 Å². The summed E-state index contributed by atoms with van der Waals surface area (Å²) in [5.74, 6) is -0.548. The Labute approximate surface area is 141 Å². The van der Waals surface area contributed by atoms with Gasteiger partial charge in [-0.2, -0.15) is 0 Å². The summed E-state index contributed by atoms with van der Waals surface area (Å²) in [5.41, 5.74) is 6.55. The van der Waals surface area contributed by atoms with Gasteiger partial charge in [0.2, 0.25) is 0 Å². The molecule has 3 N–H and O–H groups in total. The Morgan fingerprint density at radius 1 is 1.33 bits per heavy atom. The van der Waals surface area contributed by atoms with Gasteiger partial charge in [0, 0.05) is 25.2 Å². The third-order valence-corrected chi connectivity index (χ3v) is 4.60. The summed E-state index contributed by atoms with van der Waals surface area (Å²) in [6.07, 6.45) is 3.30. The van der Waals surface area contributed by atoms with Gasteiger partial charge in [0.1, 0.15) is 0 Å². The van der Waals surface area contributed by atoms with Crippen molar-refractivity contribution in [1.29, 1.82) is 0 Å². The maximum absolute atomic E-state index is 13.4. The van der Waals surface area contributed by atoms with E-state index < -0.39 is 5.82 Å². The van der Waals surface area contributed by atoms with E-state index in [1.165, 1.54) is 12.1 Å². The SMILES string of the molecule is CC1CC(N2CCC(NC(=O)COc3ccccc3F)CC2)NN1. The van der Waals surface area contributed by atoms with Crippen LogP contribution < -0.4 is 20.9 Å². The zero-order valence-electron chi connectivity index (χ0n) is 13.9. The molecule has 6 nitrogen and oxygen atoms in total. The van der Waals surface area contributed by atoms with Crippen LogP contribution >= 0.6 is 0 Å². The molecule has 0 saturated carbocycles. The van der Waals surface area contributed by atoms with Gasteiger partial charge in [0.25, 0.3) is 5.91 Å². The minimum absolute atomic E-state index is 0.108. The molecule has 1 amide bonds. The standard InChI is InChI=1S/C17H25FN4O2/c1-12-10-16(21-20-12)22-8-6-13(7-9-22)19-17(23)11-24-15-5-3-2-4-14(15)18/h2-5,12-13,16,20-21H,6-11H2,1H3,(H,19,23). The maximum Gasteiger partial charge on any atom is 0.258 e. The van der Waals surface area contributed by atoms with Crippen molar-refractivity contribution in [3.8, 4) is 5.75 Å². The van der Waals surface area contributed by atoms with Crippen molar-refractivity contribution >= 4 is 5.91 Å². The minimum Gasteiger partial charge on any atom is -0.481 e. The molecule has 2 heterocycles. The minimum atomic E-state index is -0.453. The van der Waals surface area contributed by atoms with Gasteiger partial charge in [-0.05, 0) is 38.3 Å². The molecule has 0 aliphatic carbocycles. The first kappa shape index (κ1) is 17.1. The van der Waals surface area contributed by atoms with Crippen LogP contribution in [-0.4, -0.2) is 48.8 Å². The number of carbonyl (C=O) groups is 1. The Hall–Kier alpha value is -1.70. The Morgan fingerprint density at radius 3 is 2.75 bits per heavy atom. The van der Waals surface area contributed by atoms with E-state index in [4.69, 9.17) is 4.74 Å². The number of hydrogen-bond donors (Lipinski definition) is 3. The second kappa shape index (κ2) is 7.92. The van der Waals surface area contributed by atoms with Crippen LogP contribution in [0.25, 0.3) is 0 Å². The van der Waals surface area contributed by atoms with E-state index >= 15 is 0 Å². The van der Waals surface area contributed by atoms with Crippen molar-refractivity contribution in [2.45, 2.75) is 44.4 Å². The highest BCUT2D eigenvalue weighted by molar-refractivity contribution is 5.77. The smallest absolute Gasteiger partial charge is 0.258 e. The fourth-order valence-electron chi connectivity index (χ4n) is 3.26. The van der Waals surface area contributed by atoms with Gasteiger partial charge in [-0.3, -0.25) is 15.1 Å². The number of piperidine rings is 1. The van der Waals surface area contributed by atoms with Crippen LogP contribution in [0.2, 0.25) is 0 Å². The van der Waals surface area contributed by atoms with Gasteiger partial charge in [0.15, 0.2) is 18.2 Å². The zero-order valence-corrected chi connectivity index (χ0v) is 13.9. The maximum atomic E-state index is 13.4. The summed E-state index contributed by atoms with van der Waals surface area (Å²) in [7, 11) is 0. The van der Waals surface area contributed by atoms with E-state index in [2.05, 4.69) is 28.0 Å². The molecule has 2 fully saturated rings. The van der Waals surface area contributed by atoms with Crippen LogP contribution in [0, 0.1) is 5.82 Å². The van der Waals surface area contributed by atoms with E-state index in [1.807, 2.05) is 0 Å². The summed E-state index contributed by atoms with van der Waals surface area (Å²) in [4.78, 5) is 14.4. The molecule has 24 heavy (non-hydrogen) atoms. The molecule has 2 unspecified atom stereocenters. The normalized spacial score (nSPS) is 25.6. The highest BCUT2D eigenvalue weighted by Gasteiger charge is 2.29. The Morgan fingerprint density at radius 2 is 2.08 bits per heavy atom. The number of para-hydroxylation sites is 1. The van der Waals surface area contributed by atoms with Gasteiger partial charge in [-0.1, -0.05) is 12.1 Å². The van der Waals surface area contributed by atoms with Crippen molar-refractivity contribution in [2.24, 2.45) is 0 Å². The lowest BCUT2D eigenvalue weighted by molar-refractivity contribution is -0.124. The van der Waals surface area contributed by atoms with E-state index in [0.717, 1.165) is 32.4 Å². The molecule has 1 aromatic rings. The second-order valence-corrected chi connectivity index (χ2v) is 6.54. The number of carbonyl (C=O) groups excluding carboxylic acids is 1. The fraction of sp³-hybridized carbons (Fsp3) is 0.588. The number of nitrogens with zero attached hydrogens (tertiary/aromatic N) is 1. The highest BCUT2D eigenvalue weighted by atomic mass is 19.1. The van der Waals surface area contributed by atoms with Crippen molar-refractivity contribution in [3.05, 3.63) is 30.1 Å². The molecule has 2 aliphatic rings. The molecular weight excluding hydrogens is 311 g/mol. The van der Waals surface area contributed by atoms with Crippen LogP contribution in [0.4, 0.5) is 4.39 Å². The Kier molecular flexibility index (Phi) is 5.65. The largest absolute Gasteiger partial charge is 0.481 e. The van der Waals surface area contributed by atoms with Crippen molar-refractivity contribution in [1.82, 2.24) is 21.1 Å². The number of hydrogen-bond acceptors (Lipinski definition) is 5. The van der Waals surface area contributed by atoms with Crippen molar-refractivity contribution in [2.75, 3.05) is 19.7 Å². The summed E-state index contributed by atoms with van der Waals surface area (Å²) in [6, 6.07) is 6.75. The highest BCUT2D eigenvalue weighted by Crippen LogP contribution is 2.17. The molecule has 1 aromatic carbocycles. The van der Waals surface area contributed by atoms with Crippen molar-refractivity contribution < 1.29 is 13.9 Å². The number of halogens is 1. The quantitative estimate of drug-likeness (QED) is 0.749. The monoisotopic (exact) mass is 336 g/mol. The molecule has 3 rings (SSSR count). The van der Waals surface area contributed by atoms with Gasteiger partial charge < -0.3 is 10.1 Å². The van der Waals surface area contributed by atoms with Crippen LogP contribution in [0.1, 0.15) is 26.2 Å². The number of amides is 1. The lowest BCUT2D eigenvalue weighted by Gasteiger charge is -2.35. The lowest BCUT2D eigenvalue weighted by atomic mass is 10.0. The first-order chi connectivity index (χ1) is 11.6. The van der Waals surface area contributed by atoms with Crippen molar-refractivity contribution in [3.63, 3.8) is 0 Å². The molecule has 0 radical (unpaired) electrons. The number of benzene rings is 1. The average molecular weight is 336 g/mol. The Bertz CT molecular complexity index is 563. The molecule has 2 aliphatic heterocycles. The van der Waals surface area contributed by atoms with Crippen LogP contribution in [0.5, 0.6) is 5.75 Å². The van der Waals surface area contributed by atoms with Gasteiger partial charge >= 0.3 is 0 Å². The molecule has 132 valence electrons. The summed E-state index contributed by atoms with van der Waals surface area (Å²) in [6.45, 7) is 3.90. The number of ether oxygens (including phenoxy) is 1. The Balaban J connectivity index is 1.38. The summed E-state index contributed by atoms with van der Waals surface area (Å²) < 4.78 is 18.7. The van der Waals surface area contributed by atoms with Gasteiger partial charge in [0.05, 0.1) is 6.17 Å². The van der Waals surface area contributed by atoms with Gasteiger partial charge in [-0.25, -0.2) is 9.82 Å².